The Morgan fingerprint density at radius 3 is 2.09 bits per heavy atom. The van der Waals surface area contributed by atoms with Gasteiger partial charge in [0.05, 0.1) is 23.5 Å². The summed E-state index contributed by atoms with van der Waals surface area (Å²) in [6.07, 6.45) is 29.0. The lowest BCUT2D eigenvalue weighted by atomic mass is 9.56. The van der Waals surface area contributed by atoms with Crippen LogP contribution in [0.25, 0.3) is 0 Å². The molecule has 3 aliphatic rings. The van der Waals surface area contributed by atoms with E-state index in [1.807, 2.05) is 50.7 Å². The van der Waals surface area contributed by atoms with E-state index < -0.39 is 11.4 Å². The van der Waals surface area contributed by atoms with Crippen molar-refractivity contribution >= 4 is 17.5 Å². The molecule has 1 heterocycles. The molecule has 1 aromatic rings. The number of aliphatic hydroxyl groups is 2. The minimum Gasteiger partial charge on any atom is -0.508 e. The van der Waals surface area contributed by atoms with Crippen LogP contribution in [0.5, 0.6) is 11.5 Å². The molecule has 55 heavy (non-hydrogen) atoms. The number of oxime groups is 1. The van der Waals surface area contributed by atoms with Gasteiger partial charge in [0, 0.05) is 31.1 Å². The summed E-state index contributed by atoms with van der Waals surface area (Å²) in [5.41, 5.74) is 2.67. The summed E-state index contributed by atoms with van der Waals surface area (Å²) in [7, 11) is 0. The summed E-state index contributed by atoms with van der Waals surface area (Å²) < 4.78 is 14.2. The van der Waals surface area contributed by atoms with Crippen molar-refractivity contribution in [1.29, 1.82) is 0 Å². The molecule has 8 heteroatoms. The number of phenols is 1. The second-order valence-electron chi connectivity index (χ2n) is 17.4. The van der Waals surface area contributed by atoms with Crippen molar-refractivity contribution in [3.63, 3.8) is 0 Å². The Morgan fingerprint density at radius 1 is 0.873 bits per heavy atom. The molecule has 1 aliphatic heterocycles. The number of benzene rings is 1. The summed E-state index contributed by atoms with van der Waals surface area (Å²) in [4.78, 5) is 6.20. The van der Waals surface area contributed by atoms with Crippen LogP contribution < -0.4 is 4.74 Å². The molecule has 0 saturated heterocycles. The molecule has 6 unspecified atom stereocenters. The lowest BCUT2D eigenvalue weighted by Crippen LogP contribution is -2.64. The van der Waals surface area contributed by atoms with Gasteiger partial charge >= 0.3 is 0 Å². The van der Waals surface area contributed by atoms with Gasteiger partial charge in [0.2, 0.25) is 5.79 Å². The molecule has 1 aromatic carbocycles. The quantitative estimate of drug-likeness (QED) is 0.0442. The molecule has 1 saturated carbocycles. The highest BCUT2D eigenvalue weighted by atomic mass is 32.2. The fourth-order valence-electron chi connectivity index (χ4n) is 9.20. The third-order valence-electron chi connectivity index (χ3n) is 11.9. The largest absolute Gasteiger partial charge is 0.508 e. The number of hydrogen-bond acceptors (Lipinski definition) is 8. The number of aliphatic hydroxyl groups excluding tert-OH is 2. The van der Waals surface area contributed by atoms with Crippen molar-refractivity contribution in [2.45, 2.75) is 185 Å². The Balaban J connectivity index is 1.56. The Kier molecular flexibility index (Phi) is 20.0. The fourth-order valence-corrected chi connectivity index (χ4v) is 10.6. The van der Waals surface area contributed by atoms with Gasteiger partial charge in [0.25, 0.3) is 0 Å². The molecular weight excluding hydrogens is 707 g/mol. The van der Waals surface area contributed by atoms with E-state index in [9.17, 15) is 15.3 Å². The summed E-state index contributed by atoms with van der Waals surface area (Å²) in [6.45, 7) is 13.1. The molecule has 0 amide bonds. The van der Waals surface area contributed by atoms with E-state index in [0.29, 0.717) is 13.0 Å². The zero-order chi connectivity index (χ0) is 39.5. The van der Waals surface area contributed by atoms with E-state index in [-0.39, 0.29) is 47.9 Å². The molecule has 6 atom stereocenters. The maximum atomic E-state index is 10.9. The third kappa shape index (κ3) is 13.5. The molecule has 312 valence electrons. The Morgan fingerprint density at radius 2 is 1.49 bits per heavy atom. The SMILES string of the molecule is C=CCOC12Oc3ccc(O)cc3C3C(CCCCO)C(CCCCO)C=C(C(=NOC(C)(C)C)CC1SCCCCCCCCCCCCCCCC)C32. The summed E-state index contributed by atoms with van der Waals surface area (Å²) in [6, 6.07) is 5.55. The second kappa shape index (κ2) is 24.0. The molecular formula is C47H77NO6S. The smallest absolute Gasteiger partial charge is 0.230 e. The average Bonchev–Trinajstić information content (AvgIpc) is 3.16. The van der Waals surface area contributed by atoms with Gasteiger partial charge in [-0.1, -0.05) is 121 Å². The van der Waals surface area contributed by atoms with E-state index in [1.165, 1.54) is 83.5 Å². The number of hydrogen-bond donors (Lipinski definition) is 3. The Bertz CT molecular complexity index is 1320. The number of aromatic hydroxyl groups is 1. The topological polar surface area (TPSA) is 101 Å². The number of allylic oxidation sites excluding steroid dienone is 1. The van der Waals surface area contributed by atoms with Crippen molar-refractivity contribution in [3.05, 3.63) is 48.1 Å². The highest BCUT2D eigenvalue weighted by molar-refractivity contribution is 8.00. The van der Waals surface area contributed by atoms with Crippen LogP contribution >= 0.6 is 11.8 Å². The standard InChI is InChI=1S/C47H77NO6S/c1-6-8-9-10-11-12-13-14-15-16-17-18-19-24-32-55-43-35-41(48-54-46(3,4)5)39-33-36(25-20-22-29-49)38(26-21-23-30-50)44-40-34-37(51)27-28-42(40)53-47(43,45(39)44)52-31-7-2/h7,27-28,33-34,36,38,43-45,49-51H,2,6,8-26,29-32,35H2,1,3-5H3. The van der Waals surface area contributed by atoms with E-state index in [0.717, 1.165) is 73.3 Å². The highest BCUT2D eigenvalue weighted by Gasteiger charge is 2.64. The predicted molar refractivity (Wildman–Crippen MR) is 230 cm³/mol. The average molecular weight is 784 g/mol. The molecule has 2 aliphatic carbocycles. The Hall–Kier alpha value is -2.00. The van der Waals surface area contributed by atoms with Crippen molar-refractivity contribution in [2.24, 2.45) is 22.9 Å². The van der Waals surface area contributed by atoms with Crippen LogP contribution in [-0.2, 0) is 9.57 Å². The summed E-state index contributed by atoms with van der Waals surface area (Å²) >= 11 is 1.95. The Labute approximate surface area is 339 Å². The molecule has 4 rings (SSSR count). The van der Waals surface area contributed by atoms with Gasteiger partial charge in [0.15, 0.2) is 0 Å². The molecule has 1 fully saturated rings. The van der Waals surface area contributed by atoms with Crippen molar-refractivity contribution in [1.82, 2.24) is 0 Å². The van der Waals surface area contributed by atoms with Crippen molar-refractivity contribution < 1.29 is 29.6 Å². The first kappa shape index (κ1) is 45.7. The van der Waals surface area contributed by atoms with Crippen LogP contribution in [0.2, 0.25) is 0 Å². The zero-order valence-corrected chi connectivity index (χ0v) is 35.9. The van der Waals surface area contributed by atoms with Crippen LogP contribution in [0.15, 0.2) is 47.7 Å². The van der Waals surface area contributed by atoms with E-state index in [1.54, 1.807) is 6.07 Å². The summed E-state index contributed by atoms with van der Waals surface area (Å²) in [5, 5.41) is 35.3. The lowest BCUT2D eigenvalue weighted by molar-refractivity contribution is -0.223. The molecule has 3 N–H and O–H groups in total. The third-order valence-corrected chi connectivity index (χ3v) is 13.3. The minimum atomic E-state index is -0.957. The number of fused-ring (bicyclic) bond motifs is 2. The number of rotatable bonds is 28. The van der Waals surface area contributed by atoms with Gasteiger partial charge in [-0.25, -0.2) is 0 Å². The molecule has 0 aromatic heterocycles. The van der Waals surface area contributed by atoms with Gasteiger partial charge in [0.1, 0.15) is 17.1 Å². The molecule has 0 bridgehead atoms. The van der Waals surface area contributed by atoms with Gasteiger partial charge in [-0.3, -0.25) is 0 Å². The van der Waals surface area contributed by atoms with Gasteiger partial charge < -0.3 is 29.6 Å². The van der Waals surface area contributed by atoms with Crippen LogP contribution in [0.1, 0.15) is 174 Å². The monoisotopic (exact) mass is 784 g/mol. The van der Waals surface area contributed by atoms with Gasteiger partial charge in [-0.15, -0.1) is 6.58 Å². The first-order chi connectivity index (χ1) is 26.7. The summed E-state index contributed by atoms with van der Waals surface area (Å²) in [5.74, 6) is 1.36. The van der Waals surface area contributed by atoms with Crippen LogP contribution in [0, 0.1) is 17.8 Å². The van der Waals surface area contributed by atoms with Crippen LogP contribution in [-0.4, -0.2) is 63.2 Å². The van der Waals surface area contributed by atoms with E-state index >= 15 is 0 Å². The highest BCUT2D eigenvalue weighted by Crippen LogP contribution is 2.62. The number of thioether (sulfide) groups is 1. The second-order valence-corrected chi connectivity index (χ2v) is 18.7. The number of ether oxygens (including phenoxy) is 2. The van der Waals surface area contributed by atoms with Gasteiger partial charge in [-0.2, -0.15) is 11.8 Å². The van der Waals surface area contributed by atoms with Gasteiger partial charge in [-0.05, 0) is 94.2 Å². The maximum Gasteiger partial charge on any atom is 0.230 e. The van der Waals surface area contributed by atoms with E-state index in [4.69, 9.17) is 19.5 Å². The van der Waals surface area contributed by atoms with Crippen molar-refractivity contribution in [2.75, 3.05) is 25.6 Å². The predicted octanol–water partition coefficient (Wildman–Crippen LogP) is 12.0. The lowest BCUT2D eigenvalue weighted by Gasteiger charge is -2.58. The molecule has 0 radical (unpaired) electrons. The molecule has 0 spiro atoms. The number of phenolic OH excluding ortho intramolecular Hbond substituents is 1. The number of unbranched alkanes of at least 4 members (excludes halogenated alkanes) is 15. The molecule has 7 nitrogen and oxygen atoms in total. The fraction of sp³-hybridized carbons (Fsp3) is 0.766. The minimum absolute atomic E-state index is 0.00257. The maximum absolute atomic E-state index is 10.9. The first-order valence-electron chi connectivity index (χ1n) is 22.3. The van der Waals surface area contributed by atoms with Crippen LogP contribution in [0.3, 0.4) is 0 Å². The number of nitrogens with zero attached hydrogens (tertiary/aromatic N) is 1. The first-order valence-corrected chi connectivity index (χ1v) is 23.3. The van der Waals surface area contributed by atoms with Crippen molar-refractivity contribution in [3.8, 4) is 11.5 Å². The van der Waals surface area contributed by atoms with Crippen LogP contribution in [0.4, 0.5) is 0 Å². The normalized spacial score (nSPS) is 25.2. The zero-order valence-electron chi connectivity index (χ0n) is 35.1. The van der Waals surface area contributed by atoms with E-state index in [2.05, 4.69) is 19.6 Å².